The van der Waals surface area contributed by atoms with Crippen molar-refractivity contribution in [3.63, 3.8) is 0 Å². The summed E-state index contributed by atoms with van der Waals surface area (Å²) in [5.74, 6) is 0.924. The standard InChI is InChI=1S/C14H20N2.ClH3O4/c1-5-11-15-13(16-14(2,3)4)12-9-7-6-8-10-12;2-1(3,4)5/h5-10H,1,11H2,2-4H3,(H,15,16);2-4H. The van der Waals surface area contributed by atoms with E-state index in [-0.39, 0.29) is 5.54 Å². The third-order valence-corrected chi connectivity index (χ3v) is 1.92. The minimum atomic E-state index is -4.19. The molecule has 0 heterocycles. The molecule has 4 N–H and O–H groups in total. The van der Waals surface area contributed by atoms with E-state index in [1.54, 1.807) is 6.08 Å². The molecule has 1 aromatic rings. The van der Waals surface area contributed by atoms with Gasteiger partial charge in [-0.15, -0.1) is 6.58 Å². The van der Waals surface area contributed by atoms with Gasteiger partial charge in [-0.2, -0.15) is 0 Å². The summed E-state index contributed by atoms with van der Waals surface area (Å²) in [6, 6.07) is 10.2. The summed E-state index contributed by atoms with van der Waals surface area (Å²) in [5, 5.41) is 3.41. The number of nitrogens with one attached hydrogen (secondary N) is 1. The summed E-state index contributed by atoms with van der Waals surface area (Å²) in [5.41, 5.74) is 1.12. The van der Waals surface area contributed by atoms with Gasteiger partial charge < -0.3 is 5.32 Å². The van der Waals surface area contributed by atoms with Crippen molar-refractivity contribution in [3.8, 4) is 0 Å². The molecule has 1 rings (SSSR count). The van der Waals surface area contributed by atoms with Gasteiger partial charge in [0.15, 0.2) is 0 Å². The molecule has 120 valence electrons. The normalized spacial score (nSPS) is 13.0. The van der Waals surface area contributed by atoms with Crippen molar-refractivity contribution in [2.24, 2.45) is 4.99 Å². The third kappa shape index (κ3) is 13.3. The van der Waals surface area contributed by atoms with Crippen molar-refractivity contribution in [1.29, 1.82) is 0 Å². The predicted molar refractivity (Wildman–Crippen MR) is 77.6 cm³/mol. The van der Waals surface area contributed by atoms with Gasteiger partial charge in [0.1, 0.15) is 5.84 Å². The fourth-order valence-corrected chi connectivity index (χ4v) is 1.31. The summed E-state index contributed by atoms with van der Waals surface area (Å²) in [4.78, 5) is 4.49. The number of hydrogen-bond acceptors (Lipinski definition) is 5. The molecule has 0 aliphatic rings. The first kappa shape index (κ1) is 19.6. The zero-order chi connectivity index (χ0) is 16.5. The molecule has 0 bridgehead atoms. The van der Waals surface area contributed by atoms with Gasteiger partial charge in [-0.3, -0.25) is 4.99 Å². The van der Waals surface area contributed by atoms with E-state index in [2.05, 4.69) is 49.8 Å². The Balaban J connectivity index is 0.000000690. The quantitative estimate of drug-likeness (QED) is 0.360. The molecule has 0 atom stereocenters. The van der Waals surface area contributed by atoms with Crippen LogP contribution in [0.2, 0.25) is 0 Å². The fourth-order valence-electron chi connectivity index (χ4n) is 1.31. The van der Waals surface area contributed by atoms with Crippen LogP contribution < -0.4 is 9.98 Å². The Morgan fingerprint density at radius 3 is 2.14 bits per heavy atom. The van der Waals surface area contributed by atoms with Crippen molar-refractivity contribution in [1.82, 2.24) is 5.32 Å². The molecule has 0 radical (unpaired) electrons. The molecule has 0 spiro atoms. The van der Waals surface area contributed by atoms with Crippen LogP contribution in [0.25, 0.3) is 0 Å². The number of amidine groups is 1. The number of hydrogen-bond donors (Lipinski definition) is 4. The van der Waals surface area contributed by atoms with Gasteiger partial charge in [-0.25, -0.2) is 0 Å². The Morgan fingerprint density at radius 1 is 1.29 bits per heavy atom. The molecule has 1 aromatic carbocycles. The molecular weight excluding hydrogens is 296 g/mol. The van der Waals surface area contributed by atoms with Gasteiger partial charge in [0.2, 0.25) is 0 Å². The molecule has 0 aliphatic carbocycles. The summed E-state index contributed by atoms with van der Waals surface area (Å²) in [6.45, 7) is 10.7. The van der Waals surface area contributed by atoms with E-state index in [4.69, 9.17) is 18.6 Å². The van der Waals surface area contributed by atoms with E-state index in [1.165, 1.54) is 0 Å². The molecule has 21 heavy (non-hydrogen) atoms. The summed E-state index contributed by atoms with van der Waals surface area (Å²) in [7, 11) is -4.19. The molecule has 0 saturated heterocycles. The van der Waals surface area contributed by atoms with Crippen LogP contribution in [0, 0.1) is 10.2 Å². The molecule has 7 heteroatoms. The van der Waals surface area contributed by atoms with Gasteiger partial charge >= 0.3 is 28.9 Å². The number of benzene rings is 1. The van der Waals surface area contributed by atoms with Crippen molar-refractivity contribution in [3.05, 3.63) is 48.6 Å². The van der Waals surface area contributed by atoms with E-state index in [9.17, 15) is 0 Å². The molecular formula is C14H23ClN2O4. The maximum absolute atomic E-state index is 8.83. The second kappa shape index (κ2) is 8.76. The third-order valence-electron chi connectivity index (χ3n) is 1.92. The molecule has 0 amide bonds. The van der Waals surface area contributed by atoms with Crippen molar-refractivity contribution in [2.75, 3.05) is 6.54 Å². The first-order valence-corrected chi connectivity index (χ1v) is 7.50. The van der Waals surface area contributed by atoms with Crippen LogP contribution in [-0.2, 0) is 0 Å². The van der Waals surface area contributed by atoms with E-state index in [1.807, 2.05) is 18.2 Å². The minimum absolute atomic E-state index is 0.00977. The second-order valence-electron chi connectivity index (χ2n) is 5.15. The average Bonchev–Trinajstić information content (AvgIpc) is 2.32. The molecule has 0 unspecified atom stereocenters. The van der Waals surface area contributed by atoms with Crippen LogP contribution in [0.4, 0.5) is 0 Å². The number of rotatable bonds is 3. The van der Waals surface area contributed by atoms with E-state index < -0.39 is 10.2 Å². The Labute approximate surface area is 127 Å². The Morgan fingerprint density at radius 2 is 1.76 bits per heavy atom. The number of halogens is 1. The van der Waals surface area contributed by atoms with E-state index in [0.29, 0.717) is 6.54 Å². The molecule has 0 saturated carbocycles. The molecule has 0 fully saturated rings. The van der Waals surface area contributed by atoms with Crippen molar-refractivity contribution >= 4 is 5.84 Å². The summed E-state index contributed by atoms with van der Waals surface area (Å²) >= 11 is 0. The van der Waals surface area contributed by atoms with Gasteiger partial charge in [0.25, 0.3) is 0 Å². The van der Waals surface area contributed by atoms with Crippen LogP contribution in [0.5, 0.6) is 0 Å². The topological polar surface area (TPSA) is 108 Å². The molecule has 6 nitrogen and oxygen atoms in total. The van der Waals surface area contributed by atoms with Crippen LogP contribution in [0.1, 0.15) is 26.3 Å². The number of nitrogens with zero attached hydrogens (tertiary/aromatic N) is 1. The van der Waals surface area contributed by atoms with E-state index >= 15 is 0 Å². The van der Waals surface area contributed by atoms with Gasteiger partial charge in [-0.1, -0.05) is 36.4 Å². The van der Waals surface area contributed by atoms with Crippen LogP contribution in [-0.4, -0.2) is 31.9 Å². The van der Waals surface area contributed by atoms with Crippen molar-refractivity contribution in [2.45, 2.75) is 26.3 Å². The summed E-state index contributed by atoms with van der Waals surface area (Å²) < 4.78 is 30.2. The Hall–Kier alpha value is -1.44. The SMILES string of the molecule is C=CCN=C(NC(C)(C)C)c1ccccc1.[O-][Cl+](O)(O)O. The van der Waals surface area contributed by atoms with Crippen molar-refractivity contribution < 1.29 is 28.9 Å². The first-order chi connectivity index (χ1) is 9.53. The van der Waals surface area contributed by atoms with Gasteiger partial charge in [-0.05, 0) is 20.8 Å². The maximum atomic E-state index is 8.83. The second-order valence-corrected chi connectivity index (χ2v) is 6.02. The van der Waals surface area contributed by atoms with Gasteiger partial charge in [0.05, 0.1) is 6.54 Å². The average molecular weight is 319 g/mol. The first-order valence-electron chi connectivity index (χ1n) is 6.18. The van der Waals surface area contributed by atoms with E-state index in [0.717, 1.165) is 11.4 Å². The Bertz CT molecular complexity index is 444. The molecule has 0 aliphatic heterocycles. The fraction of sp³-hybridized carbons (Fsp3) is 0.357. The predicted octanol–water partition coefficient (Wildman–Crippen LogP) is 0.147. The zero-order valence-corrected chi connectivity index (χ0v) is 13.2. The van der Waals surface area contributed by atoms with Gasteiger partial charge in [0, 0.05) is 11.1 Å². The molecule has 0 aromatic heterocycles. The number of aliphatic imine (C=N–C) groups is 1. The zero-order valence-electron chi connectivity index (χ0n) is 12.5. The van der Waals surface area contributed by atoms with Crippen LogP contribution in [0.3, 0.4) is 0 Å². The van der Waals surface area contributed by atoms with Crippen LogP contribution in [0.15, 0.2) is 48.0 Å². The monoisotopic (exact) mass is 318 g/mol. The Kier molecular flexibility index (Phi) is 8.16. The summed E-state index contributed by atoms with van der Waals surface area (Å²) in [6.07, 6.45) is 1.80. The van der Waals surface area contributed by atoms with Crippen LogP contribution >= 0.6 is 0 Å².